The molecule has 0 amide bonds. The fourth-order valence-corrected chi connectivity index (χ4v) is 3.59. The SMILES string of the molecule is Cc1ccc(O)c2c3c([nH]c12)C1CNCC3C1. The number of aromatic amines is 1. The van der Waals surface area contributed by atoms with Gasteiger partial charge in [-0.2, -0.15) is 0 Å². The number of aromatic hydroxyl groups is 1. The first-order chi connectivity index (χ1) is 8.25. The van der Waals surface area contributed by atoms with Crippen molar-refractivity contribution in [2.45, 2.75) is 25.2 Å². The summed E-state index contributed by atoms with van der Waals surface area (Å²) in [6, 6.07) is 3.80. The zero-order chi connectivity index (χ0) is 11.6. The molecule has 88 valence electrons. The minimum Gasteiger partial charge on any atom is -0.507 e. The van der Waals surface area contributed by atoms with Crippen LogP contribution in [0.5, 0.6) is 5.75 Å². The summed E-state index contributed by atoms with van der Waals surface area (Å²) in [5.74, 6) is 1.61. The molecule has 4 rings (SSSR count). The van der Waals surface area contributed by atoms with Crippen molar-refractivity contribution in [1.82, 2.24) is 10.3 Å². The van der Waals surface area contributed by atoms with Crippen molar-refractivity contribution < 1.29 is 5.11 Å². The Labute approximate surface area is 99.8 Å². The highest BCUT2D eigenvalue weighted by Crippen LogP contribution is 2.49. The highest BCUT2D eigenvalue weighted by atomic mass is 16.3. The van der Waals surface area contributed by atoms with Crippen molar-refractivity contribution in [1.29, 1.82) is 0 Å². The minimum absolute atomic E-state index is 0.427. The molecule has 3 nitrogen and oxygen atoms in total. The van der Waals surface area contributed by atoms with Crippen LogP contribution in [0.3, 0.4) is 0 Å². The molecule has 2 aliphatic rings. The molecule has 0 spiro atoms. The van der Waals surface area contributed by atoms with Crippen molar-refractivity contribution in [3.05, 3.63) is 29.0 Å². The van der Waals surface area contributed by atoms with E-state index in [4.69, 9.17) is 0 Å². The predicted octanol–water partition coefficient (Wildman–Crippen LogP) is 2.36. The minimum atomic E-state index is 0.427. The van der Waals surface area contributed by atoms with Crippen LogP contribution in [0, 0.1) is 6.92 Å². The van der Waals surface area contributed by atoms with E-state index in [-0.39, 0.29) is 0 Å². The molecule has 2 heterocycles. The molecule has 1 aromatic heterocycles. The van der Waals surface area contributed by atoms with Gasteiger partial charge in [0.05, 0.1) is 5.52 Å². The fourth-order valence-electron chi connectivity index (χ4n) is 3.59. The highest BCUT2D eigenvalue weighted by Gasteiger charge is 2.38. The lowest BCUT2D eigenvalue weighted by molar-refractivity contribution is 0.449. The summed E-state index contributed by atoms with van der Waals surface area (Å²) in [5, 5.41) is 14.7. The molecule has 0 radical (unpaired) electrons. The van der Waals surface area contributed by atoms with Crippen LogP contribution >= 0.6 is 0 Å². The number of hydrogen-bond donors (Lipinski definition) is 3. The molecule has 1 aliphatic heterocycles. The van der Waals surface area contributed by atoms with Gasteiger partial charge in [-0.15, -0.1) is 0 Å². The quantitative estimate of drug-likeness (QED) is 0.648. The van der Waals surface area contributed by atoms with E-state index >= 15 is 0 Å². The normalized spacial score (nSPS) is 26.4. The molecule has 2 atom stereocenters. The molecular formula is C14H16N2O. The first-order valence-electron chi connectivity index (χ1n) is 6.30. The Hall–Kier alpha value is -1.48. The summed E-state index contributed by atoms with van der Waals surface area (Å²) in [7, 11) is 0. The van der Waals surface area contributed by atoms with Crippen LogP contribution in [0.25, 0.3) is 10.9 Å². The number of aromatic nitrogens is 1. The van der Waals surface area contributed by atoms with Crippen molar-refractivity contribution in [3.63, 3.8) is 0 Å². The van der Waals surface area contributed by atoms with Crippen molar-refractivity contribution in [2.75, 3.05) is 13.1 Å². The summed E-state index contributed by atoms with van der Waals surface area (Å²) >= 11 is 0. The standard InChI is InChI=1S/C14H16N2O/c1-7-2-3-10(17)12-11-8-4-9(6-15-5-8)14(11)16-13(7)12/h2-3,8-9,15-17H,4-6H2,1H3. The number of rotatable bonds is 0. The largest absolute Gasteiger partial charge is 0.507 e. The molecule has 1 fully saturated rings. The van der Waals surface area contributed by atoms with Crippen molar-refractivity contribution in [3.8, 4) is 5.75 Å². The predicted molar refractivity (Wildman–Crippen MR) is 67.7 cm³/mol. The van der Waals surface area contributed by atoms with Gasteiger partial charge in [-0.3, -0.25) is 0 Å². The molecule has 17 heavy (non-hydrogen) atoms. The second kappa shape index (κ2) is 3.05. The first kappa shape index (κ1) is 9.54. The second-order valence-electron chi connectivity index (χ2n) is 5.39. The number of phenolic OH excluding ortho intramolecular Hbond substituents is 1. The van der Waals surface area contributed by atoms with E-state index in [1.54, 1.807) is 0 Å². The van der Waals surface area contributed by atoms with Gasteiger partial charge in [0, 0.05) is 30.1 Å². The van der Waals surface area contributed by atoms with E-state index in [9.17, 15) is 5.11 Å². The Morgan fingerprint density at radius 1 is 1.24 bits per heavy atom. The van der Waals surface area contributed by atoms with Gasteiger partial charge in [0.25, 0.3) is 0 Å². The summed E-state index contributed by atoms with van der Waals surface area (Å²) < 4.78 is 0. The number of benzene rings is 1. The molecule has 2 aromatic rings. The third kappa shape index (κ3) is 1.10. The van der Waals surface area contributed by atoms with Crippen LogP contribution in [0.1, 0.15) is 35.1 Å². The molecule has 1 saturated heterocycles. The van der Waals surface area contributed by atoms with Gasteiger partial charge in [-0.25, -0.2) is 0 Å². The topological polar surface area (TPSA) is 48.0 Å². The van der Waals surface area contributed by atoms with E-state index in [0.717, 1.165) is 24.0 Å². The van der Waals surface area contributed by atoms with Crippen LogP contribution in [-0.2, 0) is 0 Å². The molecule has 0 saturated carbocycles. The summed E-state index contributed by atoms with van der Waals surface area (Å²) in [6.07, 6.45) is 1.23. The Kier molecular flexibility index (Phi) is 1.71. The number of piperidine rings is 1. The first-order valence-corrected chi connectivity index (χ1v) is 6.30. The zero-order valence-corrected chi connectivity index (χ0v) is 9.88. The number of fused-ring (bicyclic) bond motifs is 7. The van der Waals surface area contributed by atoms with Gasteiger partial charge in [0.15, 0.2) is 0 Å². The fraction of sp³-hybridized carbons (Fsp3) is 0.429. The lowest BCUT2D eigenvalue weighted by atomic mass is 9.95. The summed E-state index contributed by atoms with van der Waals surface area (Å²) in [6.45, 7) is 4.21. The van der Waals surface area contributed by atoms with Gasteiger partial charge < -0.3 is 15.4 Å². The second-order valence-corrected chi connectivity index (χ2v) is 5.39. The molecule has 1 aliphatic carbocycles. The number of nitrogens with one attached hydrogen (secondary N) is 2. The van der Waals surface area contributed by atoms with E-state index in [1.165, 1.54) is 23.2 Å². The van der Waals surface area contributed by atoms with Crippen molar-refractivity contribution >= 4 is 10.9 Å². The van der Waals surface area contributed by atoms with Crippen LogP contribution in [0.4, 0.5) is 0 Å². The number of phenols is 1. The molecule has 2 unspecified atom stereocenters. The third-order valence-corrected chi connectivity index (χ3v) is 4.38. The van der Waals surface area contributed by atoms with Gasteiger partial charge in [0.1, 0.15) is 5.75 Å². The number of aryl methyl sites for hydroxylation is 1. The van der Waals surface area contributed by atoms with Gasteiger partial charge in [-0.1, -0.05) is 6.07 Å². The number of hydrogen-bond acceptors (Lipinski definition) is 2. The third-order valence-electron chi connectivity index (χ3n) is 4.38. The zero-order valence-electron chi connectivity index (χ0n) is 9.88. The van der Waals surface area contributed by atoms with Crippen molar-refractivity contribution in [2.24, 2.45) is 0 Å². The molecular weight excluding hydrogens is 212 g/mol. The maximum absolute atomic E-state index is 10.1. The van der Waals surface area contributed by atoms with Crippen LogP contribution in [0.2, 0.25) is 0 Å². The molecule has 3 heteroatoms. The molecule has 1 aromatic carbocycles. The Bertz CT molecular complexity index is 614. The van der Waals surface area contributed by atoms with E-state index in [2.05, 4.69) is 17.2 Å². The smallest absolute Gasteiger partial charge is 0.125 e. The highest BCUT2D eigenvalue weighted by molar-refractivity contribution is 5.93. The van der Waals surface area contributed by atoms with Crippen LogP contribution in [-0.4, -0.2) is 23.2 Å². The van der Waals surface area contributed by atoms with Gasteiger partial charge >= 0.3 is 0 Å². The van der Waals surface area contributed by atoms with E-state index in [1.807, 2.05) is 12.1 Å². The average molecular weight is 228 g/mol. The Balaban J connectivity index is 2.11. The molecule has 3 N–H and O–H groups in total. The average Bonchev–Trinajstić information content (AvgIpc) is 2.84. The maximum atomic E-state index is 10.1. The van der Waals surface area contributed by atoms with Gasteiger partial charge in [-0.05, 0) is 36.5 Å². The number of H-pyrrole nitrogens is 1. The molecule has 2 bridgehead atoms. The van der Waals surface area contributed by atoms with E-state index < -0.39 is 0 Å². The van der Waals surface area contributed by atoms with Crippen LogP contribution < -0.4 is 5.32 Å². The summed E-state index contributed by atoms with van der Waals surface area (Å²) in [4.78, 5) is 3.56. The maximum Gasteiger partial charge on any atom is 0.125 e. The van der Waals surface area contributed by atoms with Gasteiger partial charge in [0.2, 0.25) is 0 Å². The lowest BCUT2D eigenvalue weighted by Gasteiger charge is -2.21. The Morgan fingerprint density at radius 3 is 2.94 bits per heavy atom. The van der Waals surface area contributed by atoms with Crippen LogP contribution in [0.15, 0.2) is 12.1 Å². The lowest BCUT2D eigenvalue weighted by Crippen LogP contribution is -2.29. The monoisotopic (exact) mass is 228 g/mol. The van der Waals surface area contributed by atoms with E-state index in [0.29, 0.717) is 17.6 Å². The summed E-state index contributed by atoms with van der Waals surface area (Å²) in [5.41, 5.74) is 5.08. The Morgan fingerprint density at radius 2 is 2.06 bits per heavy atom.